The number of aliphatic hydroxyl groups excluding tert-OH is 1. The number of rotatable bonds is 5. The van der Waals surface area contributed by atoms with Crippen molar-refractivity contribution in [1.82, 2.24) is 28.9 Å². The van der Waals surface area contributed by atoms with E-state index in [1.807, 2.05) is 26.1 Å². The van der Waals surface area contributed by atoms with Crippen LogP contribution in [0.5, 0.6) is 0 Å². The standard InChI is InChI=1S/C22H26FN7O/c1-12(2)28-9-16(10-28)22(31)26-20-11-29-8-15(5-17(23)21(29)25-20)18-6-19-14(4)24-13(3)7-30(19)27-18/h5-8,11-12,16,22,26,31H,9-10H2,1-4H3. The highest BCUT2D eigenvalue weighted by molar-refractivity contribution is 5.68. The fraction of sp³-hybridized carbons (Fsp3) is 0.409. The lowest BCUT2D eigenvalue weighted by Crippen LogP contribution is -2.56. The number of hydrogen-bond donors (Lipinski definition) is 2. The number of hydrogen-bond acceptors (Lipinski definition) is 6. The molecule has 1 atom stereocenters. The molecule has 8 nitrogen and oxygen atoms in total. The number of aryl methyl sites for hydroxylation is 2. The highest BCUT2D eigenvalue weighted by Gasteiger charge is 2.34. The van der Waals surface area contributed by atoms with E-state index in [0.29, 0.717) is 23.1 Å². The molecule has 0 amide bonds. The number of nitrogens with zero attached hydrogens (tertiary/aromatic N) is 6. The first kappa shape index (κ1) is 19.9. The first-order valence-electron chi connectivity index (χ1n) is 10.5. The SMILES string of the molecule is Cc1cn2nc(-c3cc(F)c4nc(NC(O)C5CN(C(C)C)C5)cn4c3)cc2c(C)n1. The number of fused-ring (bicyclic) bond motifs is 2. The van der Waals surface area contributed by atoms with Gasteiger partial charge in [0.1, 0.15) is 12.0 Å². The monoisotopic (exact) mass is 423 g/mol. The van der Waals surface area contributed by atoms with Gasteiger partial charge in [0, 0.05) is 36.8 Å². The van der Waals surface area contributed by atoms with Crippen LogP contribution in [-0.4, -0.2) is 59.3 Å². The lowest BCUT2D eigenvalue weighted by Gasteiger charge is -2.44. The summed E-state index contributed by atoms with van der Waals surface area (Å²) in [5, 5.41) is 18.1. The Labute approximate surface area is 179 Å². The van der Waals surface area contributed by atoms with Crippen molar-refractivity contribution in [3.8, 4) is 11.3 Å². The Kier molecular flexibility index (Phi) is 4.67. The van der Waals surface area contributed by atoms with Crippen molar-refractivity contribution in [1.29, 1.82) is 0 Å². The van der Waals surface area contributed by atoms with Gasteiger partial charge in [-0.3, -0.25) is 9.88 Å². The molecule has 0 radical (unpaired) electrons. The predicted molar refractivity (Wildman–Crippen MR) is 116 cm³/mol. The fourth-order valence-corrected chi connectivity index (χ4v) is 4.14. The van der Waals surface area contributed by atoms with E-state index in [1.54, 1.807) is 21.3 Å². The molecule has 0 aliphatic carbocycles. The molecule has 0 spiro atoms. The van der Waals surface area contributed by atoms with E-state index in [4.69, 9.17) is 0 Å². The summed E-state index contributed by atoms with van der Waals surface area (Å²) in [5.74, 6) is 0.126. The molecular weight excluding hydrogens is 397 g/mol. The summed E-state index contributed by atoms with van der Waals surface area (Å²) < 4.78 is 18.2. The smallest absolute Gasteiger partial charge is 0.175 e. The molecule has 2 N–H and O–H groups in total. The zero-order valence-electron chi connectivity index (χ0n) is 18.0. The molecule has 0 aromatic carbocycles. The topological polar surface area (TPSA) is 83.0 Å². The average Bonchev–Trinajstić information content (AvgIpc) is 3.24. The molecule has 1 saturated heterocycles. The van der Waals surface area contributed by atoms with Gasteiger partial charge in [-0.25, -0.2) is 13.9 Å². The Morgan fingerprint density at radius 2 is 1.90 bits per heavy atom. The Balaban J connectivity index is 1.42. The number of pyridine rings is 1. The third-order valence-corrected chi connectivity index (χ3v) is 5.97. The lowest BCUT2D eigenvalue weighted by atomic mass is 9.96. The van der Waals surface area contributed by atoms with Crippen molar-refractivity contribution in [2.75, 3.05) is 18.4 Å². The molecule has 1 aliphatic heterocycles. The number of nitrogens with one attached hydrogen (secondary N) is 1. The fourth-order valence-electron chi connectivity index (χ4n) is 4.14. The van der Waals surface area contributed by atoms with Crippen molar-refractivity contribution in [2.45, 2.75) is 40.0 Å². The van der Waals surface area contributed by atoms with E-state index >= 15 is 0 Å². The van der Waals surface area contributed by atoms with Gasteiger partial charge in [0.15, 0.2) is 11.5 Å². The maximum Gasteiger partial charge on any atom is 0.175 e. The molecule has 1 aliphatic rings. The Bertz CT molecular complexity index is 1270. The van der Waals surface area contributed by atoms with Crippen molar-refractivity contribution in [2.24, 2.45) is 5.92 Å². The maximum absolute atomic E-state index is 14.8. The minimum atomic E-state index is -0.723. The van der Waals surface area contributed by atoms with Gasteiger partial charge in [-0.2, -0.15) is 5.10 Å². The van der Waals surface area contributed by atoms with Crippen molar-refractivity contribution < 1.29 is 9.50 Å². The first-order chi connectivity index (χ1) is 14.8. The van der Waals surface area contributed by atoms with Crippen LogP contribution in [0.25, 0.3) is 22.4 Å². The zero-order chi connectivity index (χ0) is 21.9. The Morgan fingerprint density at radius 3 is 2.65 bits per heavy atom. The number of anilines is 1. The van der Waals surface area contributed by atoms with Gasteiger partial charge < -0.3 is 14.8 Å². The molecule has 0 bridgehead atoms. The van der Waals surface area contributed by atoms with Crippen LogP contribution in [0.2, 0.25) is 0 Å². The van der Waals surface area contributed by atoms with Gasteiger partial charge in [-0.05, 0) is 39.8 Å². The second-order valence-corrected chi connectivity index (χ2v) is 8.66. The first-order valence-corrected chi connectivity index (χ1v) is 10.5. The van der Waals surface area contributed by atoms with Crippen LogP contribution in [-0.2, 0) is 0 Å². The maximum atomic E-state index is 14.8. The number of imidazole rings is 1. The summed E-state index contributed by atoms with van der Waals surface area (Å²) in [6, 6.07) is 3.81. The number of aromatic nitrogens is 5. The van der Waals surface area contributed by atoms with Gasteiger partial charge in [-0.1, -0.05) is 0 Å². The van der Waals surface area contributed by atoms with Crippen LogP contribution in [0, 0.1) is 25.6 Å². The summed E-state index contributed by atoms with van der Waals surface area (Å²) in [5.41, 5.74) is 4.12. The average molecular weight is 423 g/mol. The van der Waals surface area contributed by atoms with Crippen molar-refractivity contribution in [3.05, 3.63) is 47.9 Å². The Morgan fingerprint density at radius 1 is 1.13 bits per heavy atom. The van der Waals surface area contributed by atoms with Crippen molar-refractivity contribution >= 4 is 17.0 Å². The second kappa shape index (κ2) is 7.28. The predicted octanol–water partition coefficient (Wildman–Crippen LogP) is 2.87. The second-order valence-electron chi connectivity index (χ2n) is 8.66. The van der Waals surface area contributed by atoms with E-state index in [0.717, 1.165) is 30.0 Å². The molecule has 31 heavy (non-hydrogen) atoms. The normalized spacial score (nSPS) is 16.4. The van der Waals surface area contributed by atoms with Crippen molar-refractivity contribution in [3.63, 3.8) is 0 Å². The molecule has 162 valence electrons. The highest BCUT2D eigenvalue weighted by Crippen LogP contribution is 2.26. The van der Waals surface area contributed by atoms with Gasteiger partial charge in [-0.15, -0.1) is 0 Å². The molecule has 1 unspecified atom stereocenters. The highest BCUT2D eigenvalue weighted by atomic mass is 19.1. The molecule has 1 fully saturated rings. The zero-order valence-corrected chi connectivity index (χ0v) is 18.0. The summed E-state index contributed by atoms with van der Waals surface area (Å²) in [6.07, 6.45) is 4.61. The van der Waals surface area contributed by atoms with E-state index in [9.17, 15) is 9.50 Å². The quantitative estimate of drug-likeness (QED) is 0.481. The number of aliphatic hydroxyl groups is 1. The number of likely N-dealkylation sites (tertiary alicyclic amines) is 1. The molecule has 5 rings (SSSR count). The van der Waals surface area contributed by atoms with Gasteiger partial charge >= 0.3 is 0 Å². The lowest BCUT2D eigenvalue weighted by molar-refractivity contribution is -0.00694. The molecule has 0 saturated carbocycles. The summed E-state index contributed by atoms with van der Waals surface area (Å²) >= 11 is 0. The van der Waals surface area contributed by atoms with Crippen LogP contribution in [0.1, 0.15) is 25.2 Å². The van der Waals surface area contributed by atoms with Crippen LogP contribution in [0.4, 0.5) is 10.2 Å². The van der Waals surface area contributed by atoms with Crippen LogP contribution in [0.15, 0.2) is 30.7 Å². The molecular formula is C22H26FN7O. The van der Waals surface area contributed by atoms with Gasteiger partial charge in [0.25, 0.3) is 0 Å². The molecule has 5 heterocycles. The van der Waals surface area contributed by atoms with Gasteiger partial charge in [0.05, 0.1) is 35.0 Å². The molecule has 4 aromatic heterocycles. The van der Waals surface area contributed by atoms with E-state index < -0.39 is 12.0 Å². The third-order valence-electron chi connectivity index (χ3n) is 5.97. The number of halogens is 1. The molecule has 9 heteroatoms. The van der Waals surface area contributed by atoms with E-state index in [1.165, 1.54) is 6.07 Å². The largest absolute Gasteiger partial charge is 0.373 e. The van der Waals surface area contributed by atoms with Gasteiger partial charge in [0.2, 0.25) is 0 Å². The minimum Gasteiger partial charge on any atom is -0.373 e. The third kappa shape index (κ3) is 3.53. The minimum absolute atomic E-state index is 0.130. The Hall–Kier alpha value is -3.04. The van der Waals surface area contributed by atoms with Crippen LogP contribution >= 0.6 is 0 Å². The van der Waals surface area contributed by atoms with Crippen LogP contribution in [0.3, 0.4) is 0 Å². The van der Waals surface area contributed by atoms with Crippen LogP contribution < -0.4 is 5.32 Å². The van der Waals surface area contributed by atoms with E-state index in [-0.39, 0.29) is 11.6 Å². The summed E-state index contributed by atoms with van der Waals surface area (Å²) in [6.45, 7) is 9.79. The summed E-state index contributed by atoms with van der Waals surface area (Å²) in [4.78, 5) is 11.1. The molecule has 4 aromatic rings. The van der Waals surface area contributed by atoms with E-state index in [2.05, 4.69) is 39.1 Å². The summed E-state index contributed by atoms with van der Waals surface area (Å²) in [7, 11) is 0.